The molecular formula is C13H13N5O2. The fourth-order valence-corrected chi connectivity index (χ4v) is 1.55. The van der Waals surface area contributed by atoms with E-state index >= 15 is 0 Å². The predicted octanol–water partition coefficient (Wildman–Crippen LogP) is -0.516. The van der Waals surface area contributed by atoms with Crippen molar-refractivity contribution in [2.45, 2.75) is 6.54 Å². The van der Waals surface area contributed by atoms with Crippen LogP contribution in [0.1, 0.15) is 21.7 Å². The molecule has 0 aliphatic heterocycles. The van der Waals surface area contributed by atoms with Crippen LogP contribution < -0.4 is 5.32 Å². The number of aromatic nitrogens is 4. The van der Waals surface area contributed by atoms with Gasteiger partial charge < -0.3 is 10.4 Å². The van der Waals surface area contributed by atoms with Gasteiger partial charge in [0.25, 0.3) is 5.91 Å². The maximum absolute atomic E-state index is 12.1. The summed E-state index contributed by atoms with van der Waals surface area (Å²) in [6.07, 6.45) is 4.56. The summed E-state index contributed by atoms with van der Waals surface area (Å²) in [5, 5.41) is 15.5. The van der Waals surface area contributed by atoms with Crippen LogP contribution in [0.2, 0.25) is 0 Å². The second-order valence-electron chi connectivity index (χ2n) is 3.90. The molecule has 0 radical (unpaired) electrons. The van der Waals surface area contributed by atoms with E-state index in [-0.39, 0.29) is 19.1 Å². The Labute approximate surface area is 115 Å². The monoisotopic (exact) mass is 271 g/mol. The van der Waals surface area contributed by atoms with E-state index in [1.807, 2.05) is 0 Å². The maximum atomic E-state index is 12.1. The van der Waals surface area contributed by atoms with Gasteiger partial charge >= 0.3 is 0 Å². The molecule has 0 saturated carbocycles. The van der Waals surface area contributed by atoms with Gasteiger partial charge in [-0.1, -0.05) is 11.8 Å². The first-order valence-electron chi connectivity index (χ1n) is 5.87. The molecule has 2 rings (SSSR count). The van der Waals surface area contributed by atoms with Crippen molar-refractivity contribution in [2.75, 3.05) is 6.61 Å². The van der Waals surface area contributed by atoms with Gasteiger partial charge in [0.05, 0.1) is 17.7 Å². The van der Waals surface area contributed by atoms with Crippen LogP contribution in [0.5, 0.6) is 0 Å². The van der Waals surface area contributed by atoms with Gasteiger partial charge in [0, 0.05) is 19.4 Å². The lowest BCUT2D eigenvalue weighted by molar-refractivity contribution is 0.0949. The zero-order valence-electron chi connectivity index (χ0n) is 10.9. The van der Waals surface area contributed by atoms with Gasteiger partial charge in [-0.25, -0.2) is 4.98 Å². The van der Waals surface area contributed by atoms with Crippen molar-refractivity contribution < 1.29 is 9.90 Å². The van der Waals surface area contributed by atoms with E-state index in [0.717, 1.165) is 0 Å². The van der Waals surface area contributed by atoms with E-state index in [1.165, 1.54) is 12.4 Å². The topological polar surface area (TPSA) is 92.9 Å². The van der Waals surface area contributed by atoms with Gasteiger partial charge in [-0.3, -0.25) is 14.5 Å². The average molecular weight is 271 g/mol. The molecular weight excluding hydrogens is 258 g/mol. The summed E-state index contributed by atoms with van der Waals surface area (Å²) in [5.74, 6) is 5.42. The van der Waals surface area contributed by atoms with E-state index in [0.29, 0.717) is 17.0 Å². The third kappa shape index (κ3) is 3.40. The molecule has 2 heterocycles. The van der Waals surface area contributed by atoms with Gasteiger partial charge in [-0.15, -0.1) is 0 Å². The van der Waals surface area contributed by atoms with Crippen LogP contribution in [0.25, 0.3) is 0 Å². The molecule has 2 N–H and O–H groups in total. The third-order valence-electron chi connectivity index (χ3n) is 2.42. The minimum absolute atomic E-state index is 0.231. The van der Waals surface area contributed by atoms with E-state index in [2.05, 4.69) is 32.2 Å². The van der Waals surface area contributed by atoms with Crippen LogP contribution in [-0.4, -0.2) is 37.4 Å². The van der Waals surface area contributed by atoms with Gasteiger partial charge in [0.15, 0.2) is 5.82 Å². The van der Waals surface area contributed by atoms with Gasteiger partial charge in [-0.05, 0) is 6.07 Å². The second kappa shape index (κ2) is 6.45. The van der Waals surface area contributed by atoms with Crippen LogP contribution in [0, 0.1) is 11.8 Å². The van der Waals surface area contributed by atoms with Gasteiger partial charge in [0.2, 0.25) is 0 Å². The molecule has 2 aromatic heterocycles. The largest absolute Gasteiger partial charge is 0.384 e. The summed E-state index contributed by atoms with van der Waals surface area (Å²) < 4.78 is 1.56. The normalized spacial score (nSPS) is 9.70. The highest BCUT2D eigenvalue weighted by Gasteiger charge is 2.10. The molecule has 102 valence electrons. The number of aryl methyl sites for hydroxylation is 1. The van der Waals surface area contributed by atoms with Gasteiger partial charge in [0.1, 0.15) is 12.9 Å². The molecule has 7 heteroatoms. The highest BCUT2D eigenvalue weighted by atomic mass is 16.2. The van der Waals surface area contributed by atoms with Crippen LogP contribution in [-0.2, 0) is 13.6 Å². The molecule has 2 aromatic rings. The molecule has 0 unspecified atom stereocenters. The highest BCUT2D eigenvalue weighted by molar-refractivity contribution is 5.96. The number of nitrogens with zero attached hydrogens (tertiary/aromatic N) is 4. The Balaban J connectivity index is 2.09. The Morgan fingerprint density at radius 1 is 1.55 bits per heavy atom. The first-order chi connectivity index (χ1) is 9.70. The predicted molar refractivity (Wildman–Crippen MR) is 70.4 cm³/mol. The molecule has 0 spiro atoms. The zero-order valence-corrected chi connectivity index (χ0v) is 10.9. The van der Waals surface area contributed by atoms with Crippen molar-refractivity contribution in [3.05, 3.63) is 41.7 Å². The molecule has 20 heavy (non-hydrogen) atoms. The number of aliphatic hydroxyl groups excluding tert-OH is 1. The number of amides is 1. The Kier molecular flexibility index (Phi) is 4.42. The van der Waals surface area contributed by atoms with Crippen molar-refractivity contribution in [2.24, 2.45) is 7.05 Å². The number of hydrogen-bond donors (Lipinski definition) is 2. The van der Waals surface area contributed by atoms with Crippen molar-refractivity contribution in [3.63, 3.8) is 0 Å². The minimum Gasteiger partial charge on any atom is -0.384 e. The first kappa shape index (κ1) is 13.7. The van der Waals surface area contributed by atoms with E-state index in [4.69, 9.17) is 5.11 Å². The number of aliphatic hydroxyl groups is 1. The lowest BCUT2D eigenvalue weighted by Crippen LogP contribution is -2.24. The van der Waals surface area contributed by atoms with Crippen molar-refractivity contribution >= 4 is 5.91 Å². The summed E-state index contributed by atoms with van der Waals surface area (Å²) in [6.45, 7) is -0.0390. The molecule has 0 bridgehead atoms. The molecule has 7 nitrogen and oxygen atoms in total. The first-order valence-corrected chi connectivity index (χ1v) is 5.87. The number of nitrogens with one attached hydrogen (secondary N) is 1. The van der Waals surface area contributed by atoms with Crippen molar-refractivity contribution in [3.8, 4) is 11.8 Å². The third-order valence-corrected chi connectivity index (χ3v) is 2.42. The van der Waals surface area contributed by atoms with E-state index in [9.17, 15) is 4.79 Å². The summed E-state index contributed by atoms with van der Waals surface area (Å²) in [5.41, 5.74) is 0.866. The van der Waals surface area contributed by atoms with E-state index in [1.54, 1.807) is 24.1 Å². The Bertz CT molecular complexity index is 669. The van der Waals surface area contributed by atoms with Crippen LogP contribution in [0.3, 0.4) is 0 Å². The zero-order chi connectivity index (χ0) is 14.4. The number of pyridine rings is 1. The fraction of sp³-hybridized carbons (Fsp3) is 0.231. The smallest absolute Gasteiger partial charge is 0.253 e. The lowest BCUT2D eigenvalue weighted by atomic mass is 10.1. The molecule has 0 fully saturated rings. The van der Waals surface area contributed by atoms with Crippen LogP contribution >= 0.6 is 0 Å². The molecule has 0 aromatic carbocycles. The molecule has 0 atom stereocenters. The summed E-state index contributed by atoms with van der Waals surface area (Å²) in [4.78, 5) is 20.0. The lowest BCUT2D eigenvalue weighted by Gasteiger charge is -2.04. The standard InChI is InChI=1S/C13H13N5O2/c1-18-9-16-12(17-18)8-15-13(20)11-4-5-14-7-10(11)3-2-6-19/h4-5,7,9,19H,6,8H2,1H3,(H,15,20). The van der Waals surface area contributed by atoms with Crippen LogP contribution in [0.15, 0.2) is 24.8 Å². The minimum atomic E-state index is -0.290. The summed E-state index contributed by atoms with van der Waals surface area (Å²) in [6, 6.07) is 1.57. The molecule has 0 aliphatic carbocycles. The number of hydrogen-bond acceptors (Lipinski definition) is 5. The summed E-state index contributed by atoms with van der Waals surface area (Å²) >= 11 is 0. The quantitative estimate of drug-likeness (QED) is 0.733. The van der Waals surface area contributed by atoms with E-state index < -0.39 is 0 Å². The van der Waals surface area contributed by atoms with Crippen LogP contribution in [0.4, 0.5) is 0 Å². The number of carbonyl (C=O) groups excluding carboxylic acids is 1. The second-order valence-corrected chi connectivity index (χ2v) is 3.90. The number of carbonyl (C=O) groups is 1. The average Bonchev–Trinajstić information content (AvgIpc) is 2.88. The van der Waals surface area contributed by atoms with Crippen molar-refractivity contribution in [1.82, 2.24) is 25.1 Å². The Morgan fingerprint density at radius 3 is 3.10 bits per heavy atom. The SMILES string of the molecule is Cn1cnc(CNC(=O)c2ccncc2C#CCO)n1. The maximum Gasteiger partial charge on any atom is 0.253 e. The molecule has 0 aliphatic rings. The fourth-order valence-electron chi connectivity index (χ4n) is 1.55. The Hall–Kier alpha value is -2.72. The Morgan fingerprint density at radius 2 is 2.40 bits per heavy atom. The number of rotatable bonds is 3. The molecule has 1 amide bonds. The highest BCUT2D eigenvalue weighted by Crippen LogP contribution is 2.05. The van der Waals surface area contributed by atoms with Gasteiger partial charge in [-0.2, -0.15) is 5.10 Å². The van der Waals surface area contributed by atoms with Crippen molar-refractivity contribution in [1.29, 1.82) is 0 Å². The molecule has 0 saturated heterocycles. The summed E-state index contributed by atoms with van der Waals surface area (Å²) in [7, 11) is 1.75.